The largest absolute Gasteiger partial charge is 0.399 e. The van der Waals surface area contributed by atoms with E-state index in [2.05, 4.69) is 15.3 Å². The van der Waals surface area contributed by atoms with Gasteiger partial charge in [-0.2, -0.15) is 0 Å². The molecule has 6 nitrogen and oxygen atoms in total. The lowest BCUT2D eigenvalue weighted by atomic mass is 10.1. The van der Waals surface area contributed by atoms with Crippen molar-refractivity contribution in [3.05, 3.63) is 53.9 Å². The van der Waals surface area contributed by atoms with E-state index in [1.165, 1.54) is 0 Å². The Morgan fingerprint density at radius 3 is 2.88 bits per heavy atom. The van der Waals surface area contributed by atoms with Crippen LogP contribution in [0.3, 0.4) is 0 Å². The summed E-state index contributed by atoms with van der Waals surface area (Å²) in [5.41, 5.74) is 9.80. The van der Waals surface area contributed by atoms with E-state index in [0.29, 0.717) is 12.1 Å². The number of nitrogens with two attached hydrogens (primary N) is 1. The minimum absolute atomic E-state index is 0.0518. The first-order valence-corrected chi connectivity index (χ1v) is 8.43. The van der Waals surface area contributed by atoms with Gasteiger partial charge in [-0.05, 0) is 48.7 Å². The number of carbonyl (C=O) groups excluding carboxylic acids is 1. The Hall–Kier alpha value is -2.86. The van der Waals surface area contributed by atoms with Crippen molar-refractivity contribution in [3.8, 4) is 0 Å². The Labute approximate surface area is 145 Å². The molecular weight excluding hydrogens is 316 g/mol. The highest BCUT2D eigenvalue weighted by Gasteiger charge is 2.21. The van der Waals surface area contributed by atoms with E-state index in [-0.39, 0.29) is 12.0 Å². The van der Waals surface area contributed by atoms with Gasteiger partial charge in [-0.15, -0.1) is 0 Å². The average Bonchev–Trinajstić information content (AvgIpc) is 3.25. The third-order valence-electron chi connectivity index (χ3n) is 4.36. The van der Waals surface area contributed by atoms with Crippen molar-refractivity contribution in [2.75, 3.05) is 17.7 Å². The zero-order valence-electron chi connectivity index (χ0n) is 13.8. The number of nitrogens with zero attached hydrogens (tertiary/aromatic N) is 1. The van der Waals surface area contributed by atoms with Crippen molar-refractivity contribution >= 4 is 28.3 Å². The zero-order valence-corrected chi connectivity index (χ0v) is 13.8. The summed E-state index contributed by atoms with van der Waals surface area (Å²) in [5.74, 6) is 0.792. The highest BCUT2D eigenvalue weighted by Crippen LogP contribution is 2.28. The van der Waals surface area contributed by atoms with Crippen LogP contribution < -0.4 is 11.1 Å². The minimum atomic E-state index is -0.0667. The van der Waals surface area contributed by atoms with E-state index in [0.717, 1.165) is 47.6 Å². The lowest BCUT2D eigenvalue weighted by Gasteiger charge is -2.06. The van der Waals surface area contributed by atoms with E-state index < -0.39 is 0 Å². The smallest absolute Gasteiger partial charge is 0.228 e. The lowest BCUT2D eigenvalue weighted by molar-refractivity contribution is -0.115. The van der Waals surface area contributed by atoms with E-state index in [4.69, 9.17) is 10.5 Å². The number of fused-ring (bicyclic) bond motifs is 1. The predicted molar refractivity (Wildman–Crippen MR) is 97.2 cm³/mol. The van der Waals surface area contributed by atoms with Crippen molar-refractivity contribution in [3.63, 3.8) is 0 Å². The first kappa shape index (κ1) is 15.7. The SMILES string of the molecule is Nc1ccc(CC(=O)Nc2ccc3nc(C4CCCO4)[nH]c3c2)cc1. The fourth-order valence-electron chi connectivity index (χ4n) is 3.08. The molecule has 2 heterocycles. The number of H-pyrrole nitrogens is 1. The summed E-state index contributed by atoms with van der Waals surface area (Å²) in [7, 11) is 0. The normalized spacial score (nSPS) is 17.0. The average molecular weight is 336 g/mol. The molecule has 1 aromatic heterocycles. The van der Waals surface area contributed by atoms with Crippen LogP contribution in [0.15, 0.2) is 42.5 Å². The molecule has 1 atom stereocenters. The van der Waals surface area contributed by atoms with Crippen molar-refractivity contribution in [2.45, 2.75) is 25.4 Å². The molecule has 0 spiro atoms. The monoisotopic (exact) mass is 336 g/mol. The van der Waals surface area contributed by atoms with Gasteiger partial charge in [-0.3, -0.25) is 4.79 Å². The summed E-state index contributed by atoms with van der Waals surface area (Å²) in [4.78, 5) is 20.1. The molecule has 4 rings (SSSR count). The Kier molecular flexibility index (Phi) is 4.11. The number of amides is 1. The lowest BCUT2D eigenvalue weighted by Crippen LogP contribution is -2.14. The van der Waals surface area contributed by atoms with Crippen molar-refractivity contribution in [2.24, 2.45) is 0 Å². The quantitative estimate of drug-likeness (QED) is 0.638. The summed E-state index contributed by atoms with van der Waals surface area (Å²) in [6, 6.07) is 13.0. The number of nitrogen functional groups attached to an aromatic ring is 1. The summed E-state index contributed by atoms with van der Waals surface area (Å²) < 4.78 is 5.67. The number of imidazole rings is 1. The fourth-order valence-corrected chi connectivity index (χ4v) is 3.08. The van der Waals surface area contributed by atoms with E-state index in [9.17, 15) is 4.79 Å². The first-order chi connectivity index (χ1) is 12.2. The number of carbonyl (C=O) groups is 1. The maximum atomic E-state index is 12.2. The minimum Gasteiger partial charge on any atom is -0.399 e. The number of hydrogen-bond acceptors (Lipinski definition) is 4. The Morgan fingerprint density at radius 1 is 1.28 bits per heavy atom. The van der Waals surface area contributed by atoms with Crippen LogP contribution in [0.25, 0.3) is 11.0 Å². The second-order valence-electron chi connectivity index (χ2n) is 6.32. The topological polar surface area (TPSA) is 93.0 Å². The molecule has 25 heavy (non-hydrogen) atoms. The van der Waals surface area contributed by atoms with Gasteiger partial charge >= 0.3 is 0 Å². The van der Waals surface area contributed by atoms with Crippen molar-refractivity contribution < 1.29 is 9.53 Å². The number of nitrogens with one attached hydrogen (secondary N) is 2. The van der Waals surface area contributed by atoms with Crippen LogP contribution in [0.5, 0.6) is 0 Å². The van der Waals surface area contributed by atoms with Gasteiger partial charge in [0.15, 0.2) is 0 Å². The summed E-state index contributed by atoms with van der Waals surface area (Å²) >= 11 is 0. The molecule has 1 amide bonds. The van der Waals surface area contributed by atoms with Crippen LogP contribution in [-0.2, 0) is 16.0 Å². The maximum absolute atomic E-state index is 12.2. The van der Waals surface area contributed by atoms with Gasteiger partial charge in [0.05, 0.1) is 17.5 Å². The summed E-state index contributed by atoms with van der Waals surface area (Å²) in [6.07, 6.45) is 2.41. The highest BCUT2D eigenvalue weighted by atomic mass is 16.5. The van der Waals surface area contributed by atoms with Gasteiger partial charge in [-0.1, -0.05) is 12.1 Å². The van der Waals surface area contributed by atoms with Gasteiger partial charge in [0.1, 0.15) is 11.9 Å². The number of aromatic nitrogens is 2. The van der Waals surface area contributed by atoms with Crippen LogP contribution in [-0.4, -0.2) is 22.5 Å². The summed E-state index contributed by atoms with van der Waals surface area (Å²) in [6.45, 7) is 0.786. The van der Waals surface area contributed by atoms with Crippen LogP contribution in [0.1, 0.15) is 30.3 Å². The molecule has 0 bridgehead atoms. The second-order valence-corrected chi connectivity index (χ2v) is 6.32. The fraction of sp³-hybridized carbons (Fsp3) is 0.263. The Balaban J connectivity index is 1.47. The van der Waals surface area contributed by atoms with Gasteiger partial charge < -0.3 is 20.8 Å². The van der Waals surface area contributed by atoms with Crippen LogP contribution in [0.2, 0.25) is 0 Å². The number of hydrogen-bond donors (Lipinski definition) is 3. The Bertz CT molecular complexity index is 895. The molecule has 0 aliphatic carbocycles. The molecule has 128 valence electrons. The molecule has 2 aromatic carbocycles. The van der Waals surface area contributed by atoms with E-state index in [1.807, 2.05) is 30.3 Å². The molecule has 1 aliphatic heterocycles. The number of benzene rings is 2. The van der Waals surface area contributed by atoms with Gasteiger partial charge in [-0.25, -0.2) is 4.98 Å². The number of rotatable bonds is 4. The van der Waals surface area contributed by atoms with Gasteiger partial charge in [0.2, 0.25) is 5.91 Å². The van der Waals surface area contributed by atoms with Crippen LogP contribution in [0.4, 0.5) is 11.4 Å². The number of ether oxygens (including phenoxy) is 1. The van der Waals surface area contributed by atoms with Crippen molar-refractivity contribution in [1.29, 1.82) is 0 Å². The first-order valence-electron chi connectivity index (χ1n) is 8.43. The molecule has 1 aliphatic rings. The van der Waals surface area contributed by atoms with Gasteiger partial charge in [0.25, 0.3) is 0 Å². The standard InChI is InChI=1S/C19H20N4O2/c20-13-5-3-12(4-6-13)10-18(24)21-14-7-8-15-16(11-14)23-19(22-15)17-2-1-9-25-17/h3-8,11,17H,1-2,9-10,20H2,(H,21,24)(H,22,23). The second kappa shape index (κ2) is 6.57. The zero-order chi connectivity index (χ0) is 17.2. The molecule has 3 aromatic rings. The van der Waals surface area contributed by atoms with E-state index in [1.54, 1.807) is 12.1 Å². The Morgan fingerprint density at radius 2 is 2.12 bits per heavy atom. The van der Waals surface area contributed by atoms with Gasteiger partial charge in [0, 0.05) is 18.0 Å². The van der Waals surface area contributed by atoms with Crippen LogP contribution in [0, 0.1) is 0 Å². The maximum Gasteiger partial charge on any atom is 0.228 e. The van der Waals surface area contributed by atoms with Crippen LogP contribution >= 0.6 is 0 Å². The third kappa shape index (κ3) is 3.49. The molecule has 1 fully saturated rings. The van der Waals surface area contributed by atoms with Crippen molar-refractivity contribution in [1.82, 2.24) is 9.97 Å². The molecule has 4 N–H and O–H groups in total. The summed E-state index contributed by atoms with van der Waals surface area (Å²) in [5, 5.41) is 2.93. The molecule has 0 radical (unpaired) electrons. The predicted octanol–water partition coefficient (Wildman–Crippen LogP) is 3.18. The molecule has 1 saturated heterocycles. The molecular formula is C19H20N4O2. The molecule has 6 heteroatoms. The third-order valence-corrected chi connectivity index (χ3v) is 4.36. The highest BCUT2D eigenvalue weighted by molar-refractivity contribution is 5.94. The molecule has 0 saturated carbocycles. The number of anilines is 2. The molecule has 1 unspecified atom stereocenters. The van der Waals surface area contributed by atoms with E-state index >= 15 is 0 Å². The number of aromatic amines is 1.